The Morgan fingerprint density at radius 3 is 1.95 bits per heavy atom. The largest absolute Gasteiger partial charge is 0.394 e. The van der Waals surface area contributed by atoms with E-state index in [-0.39, 0.29) is 0 Å². The van der Waals surface area contributed by atoms with Crippen molar-refractivity contribution in [2.24, 2.45) is 0 Å². The summed E-state index contributed by atoms with van der Waals surface area (Å²) in [5.74, 6) is 0. The summed E-state index contributed by atoms with van der Waals surface area (Å²) in [7, 11) is -4.67. The maximum atomic E-state index is 8.74. The van der Waals surface area contributed by atoms with E-state index in [9.17, 15) is 0 Å². The summed E-state index contributed by atoms with van der Waals surface area (Å²) in [5, 5.41) is 0. The first-order valence-electron chi connectivity index (χ1n) is 6.33. The summed E-state index contributed by atoms with van der Waals surface area (Å²) in [6.07, 6.45) is 2.48. The third-order valence-corrected chi connectivity index (χ3v) is 2.68. The van der Waals surface area contributed by atoms with Crippen LogP contribution >= 0.6 is 0 Å². The summed E-state index contributed by atoms with van der Waals surface area (Å²) in [6.45, 7) is 8.02. The van der Waals surface area contributed by atoms with Crippen LogP contribution in [-0.4, -0.2) is 42.1 Å². The Labute approximate surface area is 115 Å². The number of aryl methyl sites for hydroxylation is 1. The van der Waals surface area contributed by atoms with Crippen molar-refractivity contribution in [2.45, 2.75) is 26.7 Å². The van der Waals surface area contributed by atoms with Crippen molar-refractivity contribution in [3.63, 3.8) is 0 Å². The number of rotatable bonds is 6. The predicted molar refractivity (Wildman–Crippen MR) is 76.7 cm³/mol. The highest BCUT2D eigenvalue weighted by molar-refractivity contribution is 7.79. The summed E-state index contributed by atoms with van der Waals surface area (Å²) in [5.41, 5.74) is 1.46. The topological polar surface area (TPSA) is 77.8 Å². The molecule has 2 N–H and O–H groups in total. The second kappa shape index (κ2) is 9.91. The van der Waals surface area contributed by atoms with Crippen LogP contribution in [0.1, 0.15) is 25.8 Å². The van der Waals surface area contributed by atoms with Gasteiger partial charge >= 0.3 is 10.4 Å². The molecule has 0 saturated carbocycles. The lowest BCUT2D eigenvalue weighted by Crippen LogP contribution is -2.24. The molecule has 0 spiro atoms. The minimum Gasteiger partial charge on any atom is -0.304 e. The highest BCUT2D eigenvalue weighted by Gasteiger charge is 1.98. The van der Waals surface area contributed by atoms with Crippen LogP contribution in [0.4, 0.5) is 0 Å². The van der Waals surface area contributed by atoms with Gasteiger partial charge in [0.15, 0.2) is 0 Å². The van der Waals surface area contributed by atoms with E-state index in [1.165, 1.54) is 38.0 Å². The Kier molecular flexibility index (Phi) is 9.42. The zero-order valence-corrected chi connectivity index (χ0v) is 12.3. The minimum atomic E-state index is -4.67. The molecule has 0 fully saturated rings. The van der Waals surface area contributed by atoms with Gasteiger partial charge in [-0.2, -0.15) is 8.42 Å². The molecule has 0 aliphatic rings. The van der Waals surface area contributed by atoms with Gasteiger partial charge in [0.05, 0.1) is 0 Å². The van der Waals surface area contributed by atoms with E-state index in [1.807, 2.05) is 0 Å². The van der Waals surface area contributed by atoms with Gasteiger partial charge in [-0.1, -0.05) is 44.2 Å². The Morgan fingerprint density at radius 2 is 1.53 bits per heavy atom. The Balaban J connectivity index is 0.000000555. The van der Waals surface area contributed by atoms with Gasteiger partial charge in [0, 0.05) is 0 Å². The van der Waals surface area contributed by atoms with E-state index in [0.717, 1.165) is 0 Å². The van der Waals surface area contributed by atoms with Crippen LogP contribution in [0.5, 0.6) is 0 Å². The molecule has 19 heavy (non-hydrogen) atoms. The molecule has 0 aromatic heterocycles. The van der Waals surface area contributed by atoms with E-state index in [1.54, 1.807) is 0 Å². The third-order valence-electron chi connectivity index (χ3n) is 2.68. The van der Waals surface area contributed by atoms with Crippen LogP contribution in [0.15, 0.2) is 30.3 Å². The second-order valence-corrected chi connectivity index (χ2v) is 4.96. The van der Waals surface area contributed by atoms with Gasteiger partial charge in [-0.15, -0.1) is 0 Å². The fourth-order valence-electron chi connectivity index (χ4n) is 1.69. The average Bonchev–Trinajstić information content (AvgIpc) is 2.34. The summed E-state index contributed by atoms with van der Waals surface area (Å²) >= 11 is 0. The number of hydrogen-bond donors (Lipinski definition) is 2. The molecular weight excluding hydrogens is 266 g/mol. The maximum absolute atomic E-state index is 8.74. The average molecular weight is 289 g/mol. The Hall–Kier alpha value is -0.950. The van der Waals surface area contributed by atoms with E-state index in [2.05, 4.69) is 49.1 Å². The van der Waals surface area contributed by atoms with Crippen molar-refractivity contribution >= 4 is 10.4 Å². The lowest BCUT2D eigenvalue weighted by Gasteiger charge is -2.17. The van der Waals surface area contributed by atoms with Gasteiger partial charge < -0.3 is 4.90 Å². The van der Waals surface area contributed by atoms with E-state index >= 15 is 0 Å². The number of hydrogen-bond acceptors (Lipinski definition) is 3. The van der Waals surface area contributed by atoms with Gasteiger partial charge in [-0.05, 0) is 38.0 Å². The normalized spacial score (nSPS) is 11.0. The first-order valence-corrected chi connectivity index (χ1v) is 7.72. The molecule has 0 heterocycles. The van der Waals surface area contributed by atoms with Gasteiger partial charge in [-0.25, -0.2) is 0 Å². The number of nitrogens with zero attached hydrogens (tertiary/aromatic N) is 1. The van der Waals surface area contributed by atoms with Gasteiger partial charge in [0.2, 0.25) is 0 Å². The predicted octanol–water partition coefficient (Wildman–Crippen LogP) is 2.31. The molecule has 6 heteroatoms. The van der Waals surface area contributed by atoms with Crippen LogP contribution in [0.25, 0.3) is 0 Å². The van der Waals surface area contributed by atoms with Crippen LogP contribution in [0, 0.1) is 0 Å². The molecule has 0 radical (unpaired) electrons. The summed E-state index contributed by atoms with van der Waals surface area (Å²) < 4.78 is 31.6. The smallest absolute Gasteiger partial charge is 0.304 e. The van der Waals surface area contributed by atoms with E-state index in [4.69, 9.17) is 17.5 Å². The highest BCUT2D eigenvalue weighted by Crippen LogP contribution is 2.03. The molecule has 1 aromatic carbocycles. The molecule has 0 amide bonds. The highest BCUT2D eigenvalue weighted by atomic mass is 32.3. The zero-order valence-electron chi connectivity index (χ0n) is 11.5. The molecule has 5 nitrogen and oxygen atoms in total. The van der Waals surface area contributed by atoms with Crippen LogP contribution in [0.3, 0.4) is 0 Å². The molecule has 0 aliphatic heterocycles. The molecule has 0 saturated heterocycles. The van der Waals surface area contributed by atoms with Gasteiger partial charge in [0.25, 0.3) is 0 Å². The first kappa shape index (κ1) is 18.0. The van der Waals surface area contributed by atoms with E-state index < -0.39 is 10.4 Å². The molecular formula is C13H23NO4S. The minimum absolute atomic E-state index is 1.17. The SMILES string of the molecule is CCN(CC)CCCc1ccccc1.O=S(=O)(O)O. The van der Waals surface area contributed by atoms with Crippen LogP contribution in [0.2, 0.25) is 0 Å². The van der Waals surface area contributed by atoms with Crippen molar-refractivity contribution in [3.8, 4) is 0 Å². The van der Waals surface area contributed by atoms with E-state index in [0.29, 0.717) is 0 Å². The molecule has 0 unspecified atom stereocenters. The molecule has 0 atom stereocenters. The summed E-state index contributed by atoms with van der Waals surface area (Å²) in [6, 6.07) is 10.7. The van der Waals surface area contributed by atoms with Crippen molar-refractivity contribution in [3.05, 3.63) is 35.9 Å². The monoisotopic (exact) mass is 289 g/mol. The standard InChI is InChI=1S/C13H21N.H2O4S/c1-3-14(4-2)12-8-11-13-9-6-5-7-10-13;1-5(2,3)4/h5-7,9-10H,3-4,8,11-12H2,1-2H3;(H2,1,2,3,4). The quantitative estimate of drug-likeness (QED) is 0.786. The Morgan fingerprint density at radius 1 is 1.05 bits per heavy atom. The molecule has 0 bridgehead atoms. The molecule has 0 aliphatic carbocycles. The fourth-order valence-corrected chi connectivity index (χ4v) is 1.69. The molecule has 1 aromatic rings. The van der Waals surface area contributed by atoms with Crippen LogP contribution < -0.4 is 0 Å². The van der Waals surface area contributed by atoms with Crippen molar-refractivity contribution < 1.29 is 17.5 Å². The summed E-state index contributed by atoms with van der Waals surface area (Å²) in [4.78, 5) is 2.48. The third kappa shape index (κ3) is 13.3. The maximum Gasteiger partial charge on any atom is 0.394 e. The first-order chi connectivity index (χ1) is 8.86. The van der Waals surface area contributed by atoms with Crippen molar-refractivity contribution in [1.82, 2.24) is 4.90 Å². The van der Waals surface area contributed by atoms with Crippen molar-refractivity contribution in [2.75, 3.05) is 19.6 Å². The lowest BCUT2D eigenvalue weighted by atomic mass is 10.1. The second-order valence-electron chi connectivity index (χ2n) is 4.06. The van der Waals surface area contributed by atoms with Crippen molar-refractivity contribution in [1.29, 1.82) is 0 Å². The Bertz CT molecular complexity index is 408. The lowest BCUT2D eigenvalue weighted by molar-refractivity contribution is 0.300. The van der Waals surface area contributed by atoms with Gasteiger partial charge in [-0.3, -0.25) is 9.11 Å². The zero-order chi connectivity index (χ0) is 14.7. The van der Waals surface area contributed by atoms with Gasteiger partial charge in [0.1, 0.15) is 0 Å². The van der Waals surface area contributed by atoms with Crippen LogP contribution in [-0.2, 0) is 16.8 Å². The molecule has 1 rings (SSSR count). The number of benzene rings is 1. The fraction of sp³-hybridized carbons (Fsp3) is 0.538. The molecule has 110 valence electrons.